The minimum atomic E-state index is 0.478. The van der Waals surface area contributed by atoms with Gasteiger partial charge in [-0.25, -0.2) is 9.67 Å². The Morgan fingerprint density at radius 1 is 1.11 bits per heavy atom. The van der Waals surface area contributed by atoms with E-state index in [0.717, 1.165) is 35.6 Å². The second-order valence-electron chi connectivity index (χ2n) is 9.22. The molecule has 0 amide bonds. The highest BCUT2D eigenvalue weighted by atomic mass is 15.3. The van der Waals surface area contributed by atoms with E-state index in [9.17, 15) is 0 Å². The molecule has 36 heavy (non-hydrogen) atoms. The van der Waals surface area contributed by atoms with E-state index in [4.69, 9.17) is 0 Å². The molecule has 188 valence electrons. The van der Waals surface area contributed by atoms with Gasteiger partial charge in [0.05, 0.1) is 5.69 Å². The number of hydrogen-bond donors (Lipinski definition) is 1. The zero-order valence-electron chi connectivity index (χ0n) is 22.8. The van der Waals surface area contributed by atoms with Crippen LogP contribution in [0.4, 0.5) is 11.6 Å². The molecule has 0 aliphatic heterocycles. The van der Waals surface area contributed by atoms with Crippen LogP contribution in [-0.4, -0.2) is 19.7 Å². The van der Waals surface area contributed by atoms with Crippen molar-refractivity contribution in [3.8, 4) is 5.82 Å². The highest BCUT2D eigenvalue weighted by molar-refractivity contribution is 5.81. The van der Waals surface area contributed by atoms with Gasteiger partial charge in [0.15, 0.2) is 5.82 Å². The van der Waals surface area contributed by atoms with E-state index in [-0.39, 0.29) is 0 Å². The van der Waals surface area contributed by atoms with E-state index in [1.54, 1.807) is 6.20 Å². The number of nitrogens with one attached hydrogen (secondary N) is 1. The lowest BCUT2D eigenvalue weighted by Crippen LogP contribution is -2.03. The number of aromatic nitrogens is 4. The topological polar surface area (TPSA) is 55.6 Å². The largest absolute Gasteiger partial charge is 0.324 e. The molecule has 1 aromatic carbocycles. The molecule has 2 heterocycles. The van der Waals surface area contributed by atoms with Crippen molar-refractivity contribution in [2.24, 2.45) is 5.92 Å². The zero-order chi connectivity index (χ0) is 26.2. The number of allylic oxidation sites excluding steroid dienone is 7. The Kier molecular flexibility index (Phi) is 9.18. The van der Waals surface area contributed by atoms with Gasteiger partial charge in [-0.15, -0.1) is 0 Å². The Morgan fingerprint density at radius 2 is 1.83 bits per heavy atom. The molecule has 1 atom stereocenters. The van der Waals surface area contributed by atoms with Gasteiger partial charge in [0.1, 0.15) is 0 Å². The van der Waals surface area contributed by atoms with E-state index in [0.29, 0.717) is 11.9 Å². The molecule has 0 bridgehead atoms. The molecule has 1 unspecified atom stereocenters. The monoisotopic (exact) mass is 481 g/mol. The van der Waals surface area contributed by atoms with Crippen molar-refractivity contribution in [1.29, 1.82) is 0 Å². The summed E-state index contributed by atoms with van der Waals surface area (Å²) in [7, 11) is 0. The molecule has 3 aromatic rings. The lowest BCUT2D eigenvalue weighted by atomic mass is 9.89. The van der Waals surface area contributed by atoms with Crippen molar-refractivity contribution in [1.82, 2.24) is 19.7 Å². The molecule has 0 saturated heterocycles. The Hall–Kier alpha value is -3.73. The van der Waals surface area contributed by atoms with Crippen molar-refractivity contribution < 1.29 is 0 Å². The first kappa shape index (κ1) is 26.9. The van der Waals surface area contributed by atoms with Gasteiger partial charge in [0.25, 0.3) is 0 Å². The van der Waals surface area contributed by atoms with E-state index in [1.807, 2.05) is 36.9 Å². The van der Waals surface area contributed by atoms with Crippen LogP contribution in [0.3, 0.4) is 0 Å². The predicted molar refractivity (Wildman–Crippen MR) is 153 cm³/mol. The maximum absolute atomic E-state index is 4.67. The molecule has 0 aliphatic rings. The van der Waals surface area contributed by atoms with E-state index >= 15 is 0 Å². The number of nitrogens with zero attached hydrogens (tertiary/aromatic N) is 4. The van der Waals surface area contributed by atoms with Crippen molar-refractivity contribution in [3.05, 3.63) is 101 Å². The van der Waals surface area contributed by atoms with Crippen LogP contribution in [0.2, 0.25) is 0 Å². The molecule has 0 fully saturated rings. The summed E-state index contributed by atoms with van der Waals surface area (Å²) in [6.07, 6.45) is 12.3. The van der Waals surface area contributed by atoms with Crippen LogP contribution in [0, 0.1) is 12.8 Å². The maximum atomic E-state index is 4.67. The smallest absolute Gasteiger partial charge is 0.229 e. The molecule has 0 radical (unpaired) electrons. The molecule has 5 heteroatoms. The average Bonchev–Trinajstić information content (AvgIpc) is 3.27. The Bertz CT molecular complexity index is 1290. The summed E-state index contributed by atoms with van der Waals surface area (Å²) in [5.41, 5.74) is 9.09. The summed E-state index contributed by atoms with van der Waals surface area (Å²) >= 11 is 0. The Morgan fingerprint density at radius 3 is 2.44 bits per heavy atom. The summed E-state index contributed by atoms with van der Waals surface area (Å²) in [4.78, 5) is 9.07. The van der Waals surface area contributed by atoms with Gasteiger partial charge < -0.3 is 5.32 Å². The summed E-state index contributed by atoms with van der Waals surface area (Å²) in [5.74, 6) is 1.76. The SMILES string of the molecule is C=C(/C=C\C)/C(C)=C(C)/C(=C\C(C)CC)c1ccc(Nc2nccc(-n3cc(CC)c(C)n3)n2)cc1. The molecule has 0 spiro atoms. The molecule has 0 aliphatic carbocycles. The molecule has 1 N–H and O–H groups in total. The van der Waals surface area contributed by atoms with Crippen LogP contribution in [0.15, 0.2) is 84.3 Å². The molecule has 0 saturated carbocycles. The first-order valence-corrected chi connectivity index (χ1v) is 12.7. The standard InChI is InChI=1S/C31H39N5/c1-9-12-22(5)23(6)24(7)29(19-21(4)10-2)27-13-15-28(16-14-27)33-31-32-18-17-30(34-31)36-20-26(11-3)25(8)35-36/h9,12-21H,5,10-11H2,1-4,6-8H3,(H,32,33,34)/b12-9-,24-23+,29-19+. The third-order valence-corrected chi connectivity index (χ3v) is 6.62. The lowest BCUT2D eigenvalue weighted by molar-refractivity contribution is 0.699. The summed E-state index contributed by atoms with van der Waals surface area (Å²) in [6, 6.07) is 10.3. The van der Waals surface area contributed by atoms with Crippen molar-refractivity contribution in [2.75, 3.05) is 5.32 Å². The van der Waals surface area contributed by atoms with Crippen molar-refractivity contribution >= 4 is 17.2 Å². The molecular formula is C31H39N5. The minimum absolute atomic E-state index is 0.478. The van der Waals surface area contributed by atoms with Crippen LogP contribution in [-0.2, 0) is 6.42 Å². The summed E-state index contributed by atoms with van der Waals surface area (Å²) < 4.78 is 1.81. The van der Waals surface area contributed by atoms with E-state index in [2.05, 4.69) is 98.0 Å². The van der Waals surface area contributed by atoms with Crippen molar-refractivity contribution in [2.45, 2.75) is 61.3 Å². The van der Waals surface area contributed by atoms with Gasteiger partial charge in [0.2, 0.25) is 5.95 Å². The van der Waals surface area contributed by atoms with Crippen LogP contribution >= 0.6 is 0 Å². The zero-order valence-corrected chi connectivity index (χ0v) is 22.8. The molecule has 5 nitrogen and oxygen atoms in total. The second kappa shape index (κ2) is 12.3. The number of benzene rings is 1. The normalized spacial score (nSPS) is 13.6. The lowest BCUT2D eigenvalue weighted by Gasteiger charge is -2.16. The number of hydrogen-bond acceptors (Lipinski definition) is 4. The second-order valence-corrected chi connectivity index (χ2v) is 9.22. The number of rotatable bonds is 10. The predicted octanol–water partition coefficient (Wildman–Crippen LogP) is 8.17. The fourth-order valence-electron chi connectivity index (χ4n) is 3.97. The third kappa shape index (κ3) is 6.48. The highest BCUT2D eigenvalue weighted by Gasteiger charge is 2.11. The van der Waals surface area contributed by atoms with Crippen LogP contribution in [0.1, 0.15) is 64.8 Å². The van der Waals surface area contributed by atoms with Gasteiger partial charge in [-0.2, -0.15) is 10.1 Å². The number of aryl methyl sites for hydroxylation is 2. The Balaban J connectivity index is 1.88. The molecule has 2 aromatic heterocycles. The van der Waals surface area contributed by atoms with Crippen LogP contribution < -0.4 is 5.32 Å². The average molecular weight is 482 g/mol. The molecular weight excluding hydrogens is 442 g/mol. The van der Waals surface area contributed by atoms with Gasteiger partial charge >= 0.3 is 0 Å². The Labute approximate surface area is 216 Å². The van der Waals surface area contributed by atoms with Crippen LogP contribution in [0.5, 0.6) is 0 Å². The van der Waals surface area contributed by atoms with E-state index < -0.39 is 0 Å². The third-order valence-electron chi connectivity index (χ3n) is 6.62. The van der Waals surface area contributed by atoms with Crippen molar-refractivity contribution in [3.63, 3.8) is 0 Å². The van der Waals surface area contributed by atoms with Gasteiger partial charge in [0, 0.05) is 24.1 Å². The summed E-state index contributed by atoms with van der Waals surface area (Å²) in [6.45, 7) is 19.2. The maximum Gasteiger partial charge on any atom is 0.229 e. The van der Waals surface area contributed by atoms with Gasteiger partial charge in [-0.3, -0.25) is 0 Å². The number of anilines is 2. The quantitative estimate of drug-likeness (QED) is 0.297. The molecule has 3 rings (SSSR count). The minimum Gasteiger partial charge on any atom is -0.324 e. The van der Waals surface area contributed by atoms with Gasteiger partial charge in [-0.1, -0.05) is 64.1 Å². The first-order chi connectivity index (χ1) is 17.3. The summed E-state index contributed by atoms with van der Waals surface area (Å²) in [5, 5.41) is 7.93. The van der Waals surface area contributed by atoms with Crippen LogP contribution in [0.25, 0.3) is 11.4 Å². The van der Waals surface area contributed by atoms with Gasteiger partial charge in [-0.05, 0) is 85.6 Å². The first-order valence-electron chi connectivity index (χ1n) is 12.7. The highest BCUT2D eigenvalue weighted by Crippen LogP contribution is 2.31. The van der Waals surface area contributed by atoms with E-state index in [1.165, 1.54) is 27.8 Å². The fourth-order valence-corrected chi connectivity index (χ4v) is 3.97. The fraction of sp³-hybridized carbons (Fsp3) is 0.323.